The lowest BCUT2D eigenvalue weighted by Gasteiger charge is -2.14. The summed E-state index contributed by atoms with van der Waals surface area (Å²) in [4.78, 5) is 10.7. The molecule has 0 aliphatic heterocycles. The van der Waals surface area contributed by atoms with Crippen LogP contribution in [0.15, 0.2) is 18.2 Å². The largest absolute Gasteiger partial charge is 0.545 e. The van der Waals surface area contributed by atoms with Crippen molar-refractivity contribution in [3.05, 3.63) is 23.8 Å². The van der Waals surface area contributed by atoms with Gasteiger partial charge in [-0.15, -0.1) is 0 Å². The maximum absolute atomic E-state index is 11.9. The number of aromatic carboxylic acids is 1. The summed E-state index contributed by atoms with van der Waals surface area (Å²) in [6, 6.07) is 3.40. The molecule has 0 atom stereocenters. The lowest BCUT2D eigenvalue weighted by atomic mass is 10.2. The third-order valence-corrected chi connectivity index (χ3v) is 1.80. The molecule has 0 spiro atoms. The van der Waals surface area contributed by atoms with Gasteiger partial charge in [0.25, 0.3) is 0 Å². The number of carboxylic acids is 1. The SMILES string of the molecule is COc1ccc(OCC(F)(F)F)c(C(=O)[O-])c1. The van der Waals surface area contributed by atoms with Crippen LogP contribution in [-0.4, -0.2) is 25.9 Å². The fourth-order valence-electron chi connectivity index (χ4n) is 1.08. The molecule has 0 fully saturated rings. The Bertz CT molecular complexity index is 415. The molecule has 17 heavy (non-hydrogen) atoms. The van der Waals surface area contributed by atoms with Gasteiger partial charge in [-0.05, 0) is 18.2 Å². The normalized spacial score (nSPS) is 11.1. The van der Waals surface area contributed by atoms with Crippen LogP contribution in [-0.2, 0) is 0 Å². The first-order chi connectivity index (χ1) is 7.83. The van der Waals surface area contributed by atoms with E-state index < -0.39 is 30.1 Å². The molecular formula is C10H8F3O4-. The van der Waals surface area contributed by atoms with Gasteiger partial charge in [0.1, 0.15) is 11.5 Å². The van der Waals surface area contributed by atoms with Gasteiger partial charge in [0.05, 0.1) is 13.1 Å². The first kappa shape index (κ1) is 13.1. The van der Waals surface area contributed by atoms with Crippen LogP contribution in [0.1, 0.15) is 10.4 Å². The van der Waals surface area contributed by atoms with Crippen LogP contribution in [0.25, 0.3) is 0 Å². The molecule has 1 rings (SSSR count). The van der Waals surface area contributed by atoms with Crippen LogP contribution < -0.4 is 14.6 Å². The van der Waals surface area contributed by atoms with E-state index in [1.165, 1.54) is 13.2 Å². The minimum absolute atomic E-state index is 0.184. The van der Waals surface area contributed by atoms with Gasteiger partial charge in [0.15, 0.2) is 6.61 Å². The molecule has 0 saturated heterocycles. The number of hydrogen-bond acceptors (Lipinski definition) is 4. The fourth-order valence-corrected chi connectivity index (χ4v) is 1.08. The van der Waals surface area contributed by atoms with E-state index in [0.717, 1.165) is 12.1 Å². The number of rotatable bonds is 4. The number of carboxylic acid groups (broad SMARTS) is 1. The van der Waals surface area contributed by atoms with E-state index in [-0.39, 0.29) is 5.75 Å². The molecule has 0 saturated carbocycles. The van der Waals surface area contributed by atoms with E-state index in [1.807, 2.05) is 0 Å². The second-order valence-corrected chi connectivity index (χ2v) is 3.05. The van der Waals surface area contributed by atoms with Crippen LogP contribution in [0, 0.1) is 0 Å². The van der Waals surface area contributed by atoms with Gasteiger partial charge >= 0.3 is 6.18 Å². The number of alkyl halides is 3. The van der Waals surface area contributed by atoms with E-state index in [4.69, 9.17) is 4.74 Å². The molecule has 0 amide bonds. The van der Waals surface area contributed by atoms with Gasteiger partial charge in [-0.3, -0.25) is 0 Å². The maximum Gasteiger partial charge on any atom is 0.422 e. The standard InChI is InChI=1S/C10H9F3O4/c1-16-6-2-3-8(7(4-6)9(14)15)17-5-10(11,12)13/h2-4H,5H2,1H3,(H,14,15)/p-1. The first-order valence-corrected chi connectivity index (χ1v) is 4.42. The number of methoxy groups -OCH3 is 1. The zero-order chi connectivity index (χ0) is 13.1. The summed E-state index contributed by atoms with van der Waals surface area (Å²) in [5, 5.41) is 10.7. The monoisotopic (exact) mass is 249 g/mol. The summed E-state index contributed by atoms with van der Waals surface area (Å²) in [7, 11) is 1.30. The average molecular weight is 249 g/mol. The first-order valence-electron chi connectivity index (χ1n) is 4.42. The zero-order valence-electron chi connectivity index (χ0n) is 8.71. The Hall–Kier alpha value is -1.92. The van der Waals surface area contributed by atoms with E-state index in [1.54, 1.807) is 0 Å². The average Bonchev–Trinajstić information content (AvgIpc) is 2.25. The van der Waals surface area contributed by atoms with Crippen LogP contribution in [0.2, 0.25) is 0 Å². The summed E-state index contributed by atoms with van der Waals surface area (Å²) < 4.78 is 44.8. The van der Waals surface area contributed by atoms with Crippen LogP contribution in [0.3, 0.4) is 0 Å². The van der Waals surface area contributed by atoms with Crippen LogP contribution >= 0.6 is 0 Å². The molecule has 0 aliphatic rings. The lowest BCUT2D eigenvalue weighted by Crippen LogP contribution is -2.25. The number of carbonyl (C=O) groups excluding carboxylic acids is 1. The van der Waals surface area contributed by atoms with Crippen LogP contribution in [0.5, 0.6) is 11.5 Å². The van der Waals surface area contributed by atoms with Gasteiger partial charge in [-0.2, -0.15) is 13.2 Å². The Kier molecular flexibility index (Phi) is 3.82. The Balaban J connectivity index is 2.95. The number of carbonyl (C=O) groups is 1. The lowest BCUT2D eigenvalue weighted by molar-refractivity contribution is -0.255. The third-order valence-electron chi connectivity index (χ3n) is 1.80. The smallest absolute Gasteiger partial charge is 0.422 e. The molecule has 0 radical (unpaired) electrons. The molecule has 1 aromatic rings. The predicted octanol–water partition coefficient (Wildman–Crippen LogP) is 1.000. The zero-order valence-corrected chi connectivity index (χ0v) is 8.71. The van der Waals surface area contributed by atoms with Gasteiger partial charge in [-0.1, -0.05) is 0 Å². The van der Waals surface area contributed by atoms with Crippen molar-refractivity contribution in [1.82, 2.24) is 0 Å². The molecule has 1 aromatic carbocycles. The quantitative estimate of drug-likeness (QED) is 0.798. The molecule has 4 nitrogen and oxygen atoms in total. The Morgan fingerprint density at radius 1 is 1.41 bits per heavy atom. The number of hydrogen-bond donors (Lipinski definition) is 0. The maximum atomic E-state index is 11.9. The number of halogens is 3. The predicted molar refractivity (Wildman–Crippen MR) is 48.9 cm³/mol. The highest BCUT2D eigenvalue weighted by atomic mass is 19.4. The molecular weight excluding hydrogens is 241 g/mol. The highest BCUT2D eigenvalue weighted by molar-refractivity contribution is 5.89. The van der Waals surface area contributed by atoms with Crippen molar-refractivity contribution < 1.29 is 32.5 Å². The van der Waals surface area contributed by atoms with Gasteiger partial charge in [0.2, 0.25) is 0 Å². The molecule has 0 aliphatic carbocycles. The van der Waals surface area contributed by atoms with Crippen molar-refractivity contribution in [2.75, 3.05) is 13.7 Å². The van der Waals surface area contributed by atoms with E-state index >= 15 is 0 Å². The topological polar surface area (TPSA) is 58.6 Å². The highest BCUT2D eigenvalue weighted by Gasteiger charge is 2.28. The molecule has 0 bridgehead atoms. The molecule has 7 heteroatoms. The van der Waals surface area contributed by atoms with Crippen molar-refractivity contribution >= 4 is 5.97 Å². The second kappa shape index (κ2) is 4.94. The van der Waals surface area contributed by atoms with E-state index in [9.17, 15) is 23.1 Å². The number of ether oxygens (including phenoxy) is 2. The molecule has 94 valence electrons. The summed E-state index contributed by atoms with van der Waals surface area (Å²) in [6.07, 6.45) is -4.54. The minimum Gasteiger partial charge on any atom is -0.545 e. The van der Waals surface area contributed by atoms with Gasteiger partial charge < -0.3 is 19.4 Å². The molecule has 0 unspecified atom stereocenters. The third kappa shape index (κ3) is 3.86. The van der Waals surface area contributed by atoms with Crippen LogP contribution in [0.4, 0.5) is 13.2 Å². The summed E-state index contributed by atoms with van der Waals surface area (Å²) in [6.45, 7) is -1.57. The molecule has 0 N–H and O–H groups in total. The fraction of sp³-hybridized carbons (Fsp3) is 0.300. The van der Waals surface area contributed by atoms with Crippen molar-refractivity contribution in [1.29, 1.82) is 0 Å². The van der Waals surface area contributed by atoms with Gasteiger partial charge in [0, 0.05) is 5.56 Å². The molecule has 0 aromatic heterocycles. The summed E-state index contributed by atoms with van der Waals surface area (Å²) in [5.74, 6) is -1.87. The van der Waals surface area contributed by atoms with Crippen molar-refractivity contribution in [3.63, 3.8) is 0 Å². The van der Waals surface area contributed by atoms with Crippen molar-refractivity contribution in [2.24, 2.45) is 0 Å². The van der Waals surface area contributed by atoms with Gasteiger partial charge in [-0.25, -0.2) is 0 Å². The summed E-state index contributed by atoms with van der Waals surface area (Å²) >= 11 is 0. The Labute approximate surface area is 94.6 Å². The minimum atomic E-state index is -4.54. The van der Waals surface area contributed by atoms with Crippen molar-refractivity contribution in [3.8, 4) is 11.5 Å². The Morgan fingerprint density at radius 2 is 2.06 bits per heavy atom. The van der Waals surface area contributed by atoms with E-state index in [2.05, 4.69) is 4.74 Å². The number of benzene rings is 1. The second-order valence-electron chi connectivity index (χ2n) is 3.05. The highest BCUT2D eigenvalue weighted by Crippen LogP contribution is 2.25. The van der Waals surface area contributed by atoms with Crippen molar-refractivity contribution in [2.45, 2.75) is 6.18 Å². The summed E-state index contributed by atoms with van der Waals surface area (Å²) in [5.41, 5.74) is -0.492. The molecule has 0 heterocycles. The van der Waals surface area contributed by atoms with E-state index in [0.29, 0.717) is 0 Å². The Morgan fingerprint density at radius 3 is 2.53 bits per heavy atom.